The van der Waals surface area contributed by atoms with E-state index in [0.29, 0.717) is 23.9 Å². The predicted octanol–water partition coefficient (Wildman–Crippen LogP) is 13.8. The Morgan fingerprint density at radius 2 is 0.895 bits per heavy atom. The zero-order chi connectivity index (χ0) is 42.1. The monoisotopic (exact) mass is 831 g/mol. The zero-order valence-corrected chi connectivity index (χ0v) is 39.0. The van der Waals surface area contributed by atoms with Crippen LogP contribution in [0, 0.1) is 0 Å². The number of nitrogens with zero attached hydrogens (tertiary/aromatic N) is 1. The van der Waals surface area contributed by atoms with E-state index in [1.54, 1.807) is 0 Å². The summed E-state index contributed by atoms with van der Waals surface area (Å²) in [6.45, 7) is 4.45. The average molecular weight is 831 g/mol. The maximum Gasteiger partial charge on any atom is 0.472 e. The first kappa shape index (κ1) is 55.8. The van der Waals surface area contributed by atoms with Crippen molar-refractivity contribution in [1.82, 2.24) is 0 Å². The van der Waals surface area contributed by atoms with Crippen molar-refractivity contribution in [3.63, 3.8) is 0 Å². The van der Waals surface area contributed by atoms with Gasteiger partial charge in [-0.3, -0.25) is 18.6 Å². The Labute approximate surface area is 352 Å². The lowest BCUT2D eigenvalue weighted by atomic mass is 10.0. The number of hydrogen-bond acceptors (Lipinski definition) is 7. The summed E-state index contributed by atoms with van der Waals surface area (Å²) in [4.78, 5) is 35.4. The van der Waals surface area contributed by atoms with Crippen molar-refractivity contribution in [2.45, 2.75) is 232 Å². The van der Waals surface area contributed by atoms with Crippen LogP contribution in [-0.2, 0) is 32.7 Å². The topological polar surface area (TPSA) is 108 Å². The van der Waals surface area contributed by atoms with Gasteiger partial charge >= 0.3 is 19.8 Å². The van der Waals surface area contributed by atoms with E-state index in [9.17, 15) is 19.0 Å². The third kappa shape index (κ3) is 44.1. The summed E-state index contributed by atoms with van der Waals surface area (Å²) in [6, 6.07) is 0. The van der Waals surface area contributed by atoms with Gasteiger partial charge in [0.05, 0.1) is 27.7 Å². The van der Waals surface area contributed by atoms with Crippen LogP contribution in [0.4, 0.5) is 0 Å². The molecule has 0 bridgehead atoms. The van der Waals surface area contributed by atoms with E-state index in [-0.39, 0.29) is 25.6 Å². The highest BCUT2D eigenvalue weighted by Gasteiger charge is 2.27. The van der Waals surface area contributed by atoms with Crippen LogP contribution in [0.1, 0.15) is 226 Å². The van der Waals surface area contributed by atoms with Gasteiger partial charge in [0.15, 0.2) is 6.10 Å². The fourth-order valence-electron chi connectivity index (χ4n) is 6.77. The highest BCUT2D eigenvalue weighted by Crippen LogP contribution is 2.43. The van der Waals surface area contributed by atoms with Crippen LogP contribution >= 0.6 is 7.82 Å². The lowest BCUT2D eigenvalue weighted by Crippen LogP contribution is -2.37. The summed E-state index contributed by atoms with van der Waals surface area (Å²) in [7, 11) is 1.48. The Morgan fingerprint density at radius 3 is 1.30 bits per heavy atom. The number of phosphoric acid groups is 1. The second kappa shape index (κ2) is 40.2. The van der Waals surface area contributed by atoms with Gasteiger partial charge in [0, 0.05) is 12.8 Å². The molecule has 1 unspecified atom stereocenters. The molecule has 0 saturated carbocycles. The zero-order valence-electron chi connectivity index (χ0n) is 38.1. The van der Waals surface area contributed by atoms with E-state index in [1.807, 2.05) is 21.1 Å². The molecule has 0 radical (unpaired) electrons. The summed E-state index contributed by atoms with van der Waals surface area (Å²) in [5.41, 5.74) is 0. The molecule has 0 saturated heterocycles. The van der Waals surface area contributed by atoms with Gasteiger partial charge in [0.1, 0.15) is 19.8 Å². The molecule has 0 aliphatic carbocycles. The van der Waals surface area contributed by atoms with Crippen molar-refractivity contribution >= 4 is 19.8 Å². The van der Waals surface area contributed by atoms with E-state index in [4.69, 9.17) is 18.5 Å². The van der Waals surface area contributed by atoms with Crippen LogP contribution < -0.4 is 0 Å². The molecule has 0 amide bonds. The largest absolute Gasteiger partial charge is 0.472 e. The summed E-state index contributed by atoms with van der Waals surface area (Å²) in [5.74, 6) is -0.795. The van der Waals surface area contributed by atoms with Crippen LogP contribution in [-0.4, -0.2) is 74.9 Å². The van der Waals surface area contributed by atoms with Crippen molar-refractivity contribution in [2.75, 3.05) is 47.5 Å². The smallest absolute Gasteiger partial charge is 0.462 e. The van der Waals surface area contributed by atoms with Crippen LogP contribution in [0.3, 0.4) is 0 Å². The number of quaternary nitrogens is 1. The van der Waals surface area contributed by atoms with Crippen molar-refractivity contribution in [3.8, 4) is 0 Å². The second-order valence-electron chi connectivity index (χ2n) is 17.5. The number of rotatable bonds is 44. The van der Waals surface area contributed by atoms with E-state index >= 15 is 0 Å². The molecule has 2 atom stereocenters. The van der Waals surface area contributed by atoms with Gasteiger partial charge in [0.25, 0.3) is 0 Å². The minimum Gasteiger partial charge on any atom is -0.462 e. The molecule has 0 aromatic rings. The Morgan fingerprint density at radius 1 is 0.526 bits per heavy atom. The summed E-state index contributed by atoms with van der Waals surface area (Å²) >= 11 is 0. The molecule has 0 rings (SSSR count). The Balaban J connectivity index is 4.29. The van der Waals surface area contributed by atoms with Crippen molar-refractivity contribution < 1.29 is 42.1 Å². The molecule has 338 valence electrons. The summed E-state index contributed by atoms with van der Waals surface area (Å²) in [6.07, 6.45) is 42.5. The van der Waals surface area contributed by atoms with Gasteiger partial charge in [0.2, 0.25) is 0 Å². The third-order valence-electron chi connectivity index (χ3n) is 10.5. The van der Waals surface area contributed by atoms with Crippen molar-refractivity contribution in [2.24, 2.45) is 0 Å². The van der Waals surface area contributed by atoms with Gasteiger partial charge in [-0.1, -0.05) is 187 Å². The van der Waals surface area contributed by atoms with Crippen LogP contribution in [0.15, 0.2) is 12.2 Å². The number of carbonyl (C=O) groups is 2. The minimum absolute atomic E-state index is 0.0334. The lowest BCUT2D eigenvalue weighted by Gasteiger charge is -2.24. The Bertz CT molecular complexity index is 985. The van der Waals surface area contributed by atoms with Crippen LogP contribution in [0.25, 0.3) is 0 Å². The molecule has 57 heavy (non-hydrogen) atoms. The maximum absolute atomic E-state index is 12.7. The number of unbranched alkanes of at least 4 members (excludes halogenated alkanes) is 28. The normalized spacial score (nSPS) is 13.6. The molecule has 0 spiro atoms. The van der Waals surface area contributed by atoms with Gasteiger partial charge in [-0.05, 0) is 38.5 Å². The summed E-state index contributed by atoms with van der Waals surface area (Å²) in [5, 5.41) is 0. The number of phosphoric ester groups is 1. The molecule has 9 nitrogen and oxygen atoms in total. The molecular weight excluding hydrogens is 737 g/mol. The Kier molecular flexibility index (Phi) is 39.3. The van der Waals surface area contributed by atoms with Crippen LogP contribution in [0.5, 0.6) is 0 Å². The van der Waals surface area contributed by atoms with Crippen LogP contribution in [0.2, 0.25) is 0 Å². The first-order valence-corrected chi connectivity index (χ1v) is 25.4. The van der Waals surface area contributed by atoms with Gasteiger partial charge in [-0.15, -0.1) is 0 Å². The molecule has 0 fully saturated rings. The minimum atomic E-state index is -4.37. The average Bonchev–Trinajstić information content (AvgIpc) is 3.16. The van der Waals surface area contributed by atoms with E-state index in [1.165, 1.54) is 141 Å². The van der Waals surface area contributed by atoms with E-state index < -0.39 is 26.5 Å². The Hall–Kier alpha value is -1.25. The van der Waals surface area contributed by atoms with E-state index in [0.717, 1.165) is 51.4 Å². The molecule has 0 aromatic carbocycles. The lowest BCUT2D eigenvalue weighted by molar-refractivity contribution is -0.870. The molecule has 0 aromatic heterocycles. The number of hydrogen-bond donors (Lipinski definition) is 1. The third-order valence-corrected chi connectivity index (χ3v) is 11.5. The number of carbonyl (C=O) groups excluding carboxylic acids is 2. The fraction of sp³-hybridized carbons (Fsp3) is 0.915. The quantitative estimate of drug-likeness (QED) is 0.0213. The number of likely N-dealkylation sites (N-methyl/N-ethyl adjacent to an activating group) is 1. The first-order chi connectivity index (χ1) is 27.5. The number of esters is 2. The van der Waals surface area contributed by atoms with Gasteiger partial charge in [-0.2, -0.15) is 0 Å². The molecule has 10 heteroatoms. The van der Waals surface area contributed by atoms with E-state index in [2.05, 4.69) is 26.0 Å². The predicted molar refractivity (Wildman–Crippen MR) is 238 cm³/mol. The molecule has 0 aliphatic heterocycles. The van der Waals surface area contributed by atoms with Gasteiger partial charge in [-0.25, -0.2) is 4.57 Å². The molecular formula is C47H93NO8P+. The second-order valence-corrected chi connectivity index (χ2v) is 19.0. The standard InChI is InChI=1S/C47H92NO8P/c1-6-8-10-12-14-16-18-20-22-24-26-27-29-31-33-35-37-39-46(49)53-43-45(44-55-57(51,52)54-42-41-48(3,4)5)56-47(50)40-38-36-34-32-30-28-25-23-21-19-17-15-13-11-9-7-2/h23,25,45H,6-22,24,26-44H2,1-5H3/p+1/b25-23-/t45-/m1/s1. The summed E-state index contributed by atoms with van der Waals surface area (Å²) < 4.78 is 34.4. The molecule has 1 N–H and O–H groups in total. The first-order valence-electron chi connectivity index (χ1n) is 23.9. The maximum atomic E-state index is 12.7. The SMILES string of the molecule is CCCCCCCCC/C=C\CCCCCCCC(=O)O[C@H](COC(=O)CCCCCCCCCCCCCCCCCCC)COP(=O)(O)OCC[N+](C)(C)C. The highest BCUT2D eigenvalue weighted by molar-refractivity contribution is 7.47. The highest BCUT2D eigenvalue weighted by atomic mass is 31.2. The molecule has 0 heterocycles. The number of ether oxygens (including phenoxy) is 2. The van der Waals surface area contributed by atoms with Crippen molar-refractivity contribution in [3.05, 3.63) is 12.2 Å². The number of allylic oxidation sites excluding steroid dienone is 2. The van der Waals surface area contributed by atoms with Crippen molar-refractivity contribution in [1.29, 1.82) is 0 Å². The van der Waals surface area contributed by atoms with Gasteiger partial charge < -0.3 is 18.9 Å². The molecule has 0 aliphatic rings. The fourth-order valence-corrected chi connectivity index (χ4v) is 7.52.